The molecule has 0 aliphatic carbocycles. The van der Waals surface area contributed by atoms with Crippen molar-refractivity contribution in [1.82, 2.24) is 25.1 Å². The van der Waals surface area contributed by atoms with Gasteiger partial charge in [-0.1, -0.05) is 0 Å². The van der Waals surface area contributed by atoms with E-state index < -0.39 is 0 Å². The van der Waals surface area contributed by atoms with Crippen LogP contribution < -0.4 is 5.32 Å². The molecule has 4 aromatic heterocycles. The van der Waals surface area contributed by atoms with Gasteiger partial charge in [0.25, 0.3) is 5.91 Å². The van der Waals surface area contributed by atoms with Crippen LogP contribution in [-0.2, 0) is 13.6 Å². The maximum absolute atomic E-state index is 12.8. The summed E-state index contributed by atoms with van der Waals surface area (Å²) in [6.45, 7) is 6.27. The lowest BCUT2D eigenvalue weighted by atomic mass is 10.1. The number of pyridine rings is 1. The highest BCUT2D eigenvalue weighted by Crippen LogP contribution is 2.29. The average molecular weight is 398 g/mol. The van der Waals surface area contributed by atoms with Gasteiger partial charge in [0, 0.05) is 23.0 Å². The summed E-state index contributed by atoms with van der Waals surface area (Å²) in [4.78, 5) is 24.1. The lowest BCUT2D eigenvalue weighted by Gasteiger charge is -2.07. The van der Waals surface area contributed by atoms with Crippen LogP contribution in [0.25, 0.3) is 21.6 Å². The molecule has 0 spiro atoms. The fourth-order valence-corrected chi connectivity index (χ4v) is 4.69. The van der Waals surface area contributed by atoms with Crippen molar-refractivity contribution in [3.05, 3.63) is 50.4 Å². The van der Waals surface area contributed by atoms with Gasteiger partial charge in [0.05, 0.1) is 38.8 Å². The van der Waals surface area contributed by atoms with E-state index in [1.807, 2.05) is 40.0 Å². The highest BCUT2D eigenvalue weighted by atomic mass is 32.1. The minimum Gasteiger partial charge on any atom is -0.347 e. The molecule has 27 heavy (non-hydrogen) atoms. The highest BCUT2D eigenvalue weighted by Gasteiger charge is 2.18. The van der Waals surface area contributed by atoms with Crippen LogP contribution in [0.2, 0.25) is 0 Å². The monoisotopic (exact) mass is 397 g/mol. The first-order valence-corrected chi connectivity index (χ1v) is 10.2. The number of aryl methyl sites for hydroxylation is 4. The first-order chi connectivity index (χ1) is 12.9. The van der Waals surface area contributed by atoms with E-state index in [9.17, 15) is 4.79 Å². The largest absolute Gasteiger partial charge is 0.347 e. The molecule has 4 rings (SSSR count). The predicted molar refractivity (Wildman–Crippen MR) is 109 cm³/mol. The molecular weight excluding hydrogens is 378 g/mol. The third kappa shape index (κ3) is 3.38. The van der Waals surface area contributed by atoms with Crippen molar-refractivity contribution in [2.75, 3.05) is 0 Å². The summed E-state index contributed by atoms with van der Waals surface area (Å²) in [6.07, 6.45) is 0. The van der Waals surface area contributed by atoms with Crippen molar-refractivity contribution in [3.8, 4) is 10.6 Å². The first kappa shape index (κ1) is 17.8. The third-order valence-electron chi connectivity index (χ3n) is 4.30. The Bertz CT molecular complexity index is 1150. The summed E-state index contributed by atoms with van der Waals surface area (Å²) < 4.78 is 1.72. The fraction of sp³-hybridized carbons (Fsp3) is 0.263. The molecule has 0 bridgehead atoms. The smallest absolute Gasteiger partial charge is 0.252 e. The lowest BCUT2D eigenvalue weighted by Crippen LogP contribution is -2.23. The Kier molecular flexibility index (Phi) is 4.53. The molecule has 1 amide bonds. The van der Waals surface area contributed by atoms with Crippen LogP contribution in [0, 0.1) is 20.8 Å². The SMILES string of the molecule is Cc1cc(C(=O)NCc2ccc(-c3csc(C)n3)s2)c2c(C)nn(C)c2n1. The Morgan fingerprint density at radius 2 is 2.04 bits per heavy atom. The van der Waals surface area contributed by atoms with Gasteiger partial charge in [-0.15, -0.1) is 22.7 Å². The quantitative estimate of drug-likeness (QED) is 0.565. The summed E-state index contributed by atoms with van der Waals surface area (Å²) in [6, 6.07) is 5.92. The lowest BCUT2D eigenvalue weighted by molar-refractivity contribution is 0.0952. The highest BCUT2D eigenvalue weighted by molar-refractivity contribution is 7.16. The minimum atomic E-state index is -0.110. The van der Waals surface area contributed by atoms with Crippen molar-refractivity contribution in [3.63, 3.8) is 0 Å². The number of carbonyl (C=O) groups is 1. The topological polar surface area (TPSA) is 72.7 Å². The third-order valence-corrected chi connectivity index (χ3v) is 6.18. The van der Waals surface area contributed by atoms with Crippen LogP contribution in [-0.4, -0.2) is 25.7 Å². The Hall–Kier alpha value is -2.58. The van der Waals surface area contributed by atoms with E-state index in [2.05, 4.69) is 31.8 Å². The van der Waals surface area contributed by atoms with Gasteiger partial charge < -0.3 is 5.32 Å². The molecule has 0 saturated heterocycles. The number of nitrogens with one attached hydrogen (secondary N) is 1. The van der Waals surface area contributed by atoms with Crippen LogP contribution in [0.1, 0.15) is 31.6 Å². The second-order valence-electron chi connectivity index (χ2n) is 6.42. The maximum atomic E-state index is 12.8. The summed E-state index contributed by atoms with van der Waals surface area (Å²) in [5.74, 6) is -0.110. The Morgan fingerprint density at radius 1 is 1.22 bits per heavy atom. The number of rotatable bonds is 4. The van der Waals surface area contributed by atoms with Gasteiger partial charge in [-0.2, -0.15) is 5.10 Å². The van der Waals surface area contributed by atoms with Crippen LogP contribution in [0.4, 0.5) is 0 Å². The number of hydrogen-bond acceptors (Lipinski definition) is 6. The van der Waals surface area contributed by atoms with Gasteiger partial charge in [0.1, 0.15) is 0 Å². The van der Waals surface area contributed by atoms with Crippen molar-refractivity contribution in [2.24, 2.45) is 7.05 Å². The summed E-state index contributed by atoms with van der Waals surface area (Å²) in [5.41, 5.74) is 3.96. The second kappa shape index (κ2) is 6.86. The zero-order valence-corrected chi connectivity index (χ0v) is 17.2. The number of thiophene rings is 1. The molecule has 6 nitrogen and oxygen atoms in total. The van der Waals surface area contributed by atoms with E-state index in [1.165, 1.54) is 0 Å². The fourth-order valence-electron chi connectivity index (χ4n) is 3.10. The molecule has 0 unspecified atom stereocenters. The zero-order valence-electron chi connectivity index (χ0n) is 15.5. The normalized spacial score (nSPS) is 11.3. The number of carbonyl (C=O) groups excluding carboxylic acids is 1. The Labute approximate surface area is 164 Å². The van der Waals surface area contributed by atoms with Crippen molar-refractivity contribution in [2.45, 2.75) is 27.3 Å². The van der Waals surface area contributed by atoms with Gasteiger partial charge in [-0.05, 0) is 39.0 Å². The number of hydrogen-bond donors (Lipinski definition) is 1. The van der Waals surface area contributed by atoms with E-state index in [4.69, 9.17) is 0 Å². The van der Waals surface area contributed by atoms with E-state index in [0.717, 1.165) is 42.9 Å². The van der Waals surface area contributed by atoms with Crippen LogP contribution >= 0.6 is 22.7 Å². The average Bonchev–Trinajstić information content (AvgIpc) is 3.32. The van der Waals surface area contributed by atoms with Crippen LogP contribution in [0.15, 0.2) is 23.6 Å². The molecule has 1 N–H and O–H groups in total. The molecule has 4 heterocycles. The number of nitrogens with zero attached hydrogens (tertiary/aromatic N) is 4. The van der Waals surface area contributed by atoms with Crippen molar-refractivity contribution >= 4 is 39.6 Å². The molecule has 0 aromatic carbocycles. The standard InChI is InChI=1S/C19H19N5OS2/c1-10-7-14(17-11(2)23-24(4)18(17)21-10)19(25)20-8-13-5-6-16(27-13)15-9-26-12(3)22-15/h5-7,9H,8H2,1-4H3,(H,20,25). The summed E-state index contributed by atoms with van der Waals surface area (Å²) in [7, 11) is 1.84. The summed E-state index contributed by atoms with van der Waals surface area (Å²) in [5, 5.41) is 11.4. The molecular formula is C19H19N5OS2. The van der Waals surface area contributed by atoms with Gasteiger partial charge in [0.2, 0.25) is 0 Å². The first-order valence-electron chi connectivity index (χ1n) is 8.52. The van der Waals surface area contributed by atoms with Crippen LogP contribution in [0.3, 0.4) is 0 Å². The van der Waals surface area contributed by atoms with Gasteiger partial charge in [0.15, 0.2) is 5.65 Å². The number of thiazole rings is 1. The van der Waals surface area contributed by atoms with Crippen LogP contribution in [0.5, 0.6) is 0 Å². The molecule has 0 atom stereocenters. The second-order valence-corrected chi connectivity index (χ2v) is 8.65. The Balaban J connectivity index is 1.55. The van der Waals surface area contributed by atoms with Gasteiger partial charge >= 0.3 is 0 Å². The molecule has 0 fully saturated rings. The zero-order chi connectivity index (χ0) is 19.1. The van der Waals surface area contributed by atoms with Gasteiger partial charge in [-0.25, -0.2) is 9.97 Å². The van der Waals surface area contributed by atoms with E-state index in [1.54, 1.807) is 27.4 Å². The molecule has 0 aliphatic rings. The molecule has 0 saturated carbocycles. The number of fused-ring (bicyclic) bond motifs is 1. The van der Waals surface area contributed by atoms with E-state index in [-0.39, 0.29) is 5.91 Å². The minimum absolute atomic E-state index is 0.110. The van der Waals surface area contributed by atoms with E-state index in [0.29, 0.717) is 12.1 Å². The van der Waals surface area contributed by atoms with Gasteiger partial charge in [-0.3, -0.25) is 9.48 Å². The molecule has 4 aromatic rings. The number of aromatic nitrogens is 4. The Morgan fingerprint density at radius 3 is 2.78 bits per heavy atom. The summed E-state index contributed by atoms with van der Waals surface area (Å²) >= 11 is 3.29. The maximum Gasteiger partial charge on any atom is 0.252 e. The predicted octanol–water partition coefficient (Wildman–Crippen LogP) is 4.01. The van der Waals surface area contributed by atoms with E-state index >= 15 is 0 Å². The molecule has 0 aliphatic heterocycles. The number of amides is 1. The molecule has 8 heteroatoms. The molecule has 0 radical (unpaired) electrons. The molecule has 138 valence electrons. The van der Waals surface area contributed by atoms with Crippen molar-refractivity contribution in [1.29, 1.82) is 0 Å². The van der Waals surface area contributed by atoms with Crippen molar-refractivity contribution < 1.29 is 4.79 Å².